The number of nitrogens with zero attached hydrogens (tertiary/aromatic N) is 1. The van der Waals surface area contributed by atoms with Gasteiger partial charge in [0.15, 0.2) is 0 Å². The standard InChI is InChI=1S/C6H11N3O/c1-3-5(2)4-8-9-6(7)10/h4H,2-3H2,1H3,(H3,7,9,10)/b8-4+. The van der Waals surface area contributed by atoms with Gasteiger partial charge in [-0.05, 0) is 12.0 Å². The van der Waals surface area contributed by atoms with E-state index in [1.807, 2.05) is 6.92 Å². The summed E-state index contributed by atoms with van der Waals surface area (Å²) in [5.41, 5.74) is 7.63. The summed E-state index contributed by atoms with van der Waals surface area (Å²) in [6.07, 6.45) is 2.27. The Morgan fingerprint density at radius 1 is 1.90 bits per heavy atom. The van der Waals surface area contributed by atoms with E-state index in [4.69, 9.17) is 5.73 Å². The van der Waals surface area contributed by atoms with E-state index >= 15 is 0 Å². The number of amides is 2. The zero-order chi connectivity index (χ0) is 7.98. The number of nitrogens with one attached hydrogen (secondary N) is 1. The molecule has 0 aromatic carbocycles. The number of nitrogens with two attached hydrogens (primary N) is 1. The number of carbonyl (C=O) groups is 1. The zero-order valence-corrected chi connectivity index (χ0v) is 5.92. The van der Waals surface area contributed by atoms with Crippen molar-refractivity contribution >= 4 is 12.2 Å². The quantitative estimate of drug-likeness (QED) is 0.438. The molecule has 56 valence electrons. The van der Waals surface area contributed by atoms with Crippen LogP contribution >= 0.6 is 0 Å². The van der Waals surface area contributed by atoms with Crippen LogP contribution in [0.3, 0.4) is 0 Å². The number of allylic oxidation sites excluding steroid dienone is 1. The molecule has 4 heteroatoms. The molecule has 0 spiro atoms. The average Bonchev–Trinajstić information content (AvgIpc) is 1.87. The van der Waals surface area contributed by atoms with Crippen LogP contribution in [0.1, 0.15) is 13.3 Å². The van der Waals surface area contributed by atoms with Gasteiger partial charge in [0.2, 0.25) is 0 Å². The van der Waals surface area contributed by atoms with E-state index in [1.165, 1.54) is 6.21 Å². The first-order valence-electron chi connectivity index (χ1n) is 2.93. The van der Waals surface area contributed by atoms with Crippen LogP contribution in [0, 0.1) is 0 Å². The van der Waals surface area contributed by atoms with E-state index in [2.05, 4.69) is 17.1 Å². The zero-order valence-electron chi connectivity index (χ0n) is 5.92. The number of rotatable bonds is 3. The van der Waals surface area contributed by atoms with Crippen molar-refractivity contribution in [3.05, 3.63) is 12.2 Å². The molecule has 0 rings (SSSR count). The molecule has 2 amide bonds. The molecule has 0 bridgehead atoms. The maximum atomic E-state index is 10.0. The van der Waals surface area contributed by atoms with Gasteiger partial charge in [0.1, 0.15) is 0 Å². The Hall–Kier alpha value is -1.32. The summed E-state index contributed by atoms with van der Waals surface area (Å²) in [6, 6.07) is -0.667. The van der Waals surface area contributed by atoms with Gasteiger partial charge >= 0.3 is 6.03 Å². The molecule has 0 aliphatic rings. The molecule has 0 aromatic heterocycles. The molecular weight excluding hydrogens is 130 g/mol. The predicted molar refractivity (Wildman–Crippen MR) is 40.6 cm³/mol. The molecule has 0 fully saturated rings. The molecule has 0 aromatic rings. The second-order valence-corrected chi connectivity index (χ2v) is 1.75. The van der Waals surface area contributed by atoms with E-state index in [-0.39, 0.29) is 0 Å². The number of hydrogen-bond acceptors (Lipinski definition) is 2. The SMILES string of the molecule is C=C(/C=N/NC(N)=O)CC. The van der Waals surface area contributed by atoms with Crippen LogP contribution in [-0.4, -0.2) is 12.2 Å². The minimum absolute atomic E-state index is 0.667. The molecule has 0 atom stereocenters. The van der Waals surface area contributed by atoms with Crippen LogP contribution in [0.2, 0.25) is 0 Å². The second kappa shape index (κ2) is 4.55. The largest absolute Gasteiger partial charge is 0.350 e. The first kappa shape index (κ1) is 8.68. The van der Waals surface area contributed by atoms with Crippen molar-refractivity contribution in [1.82, 2.24) is 5.43 Å². The third kappa shape index (κ3) is 4.83. The summed E-state index contributed by atoms with van der Waals surface area (Å²) in [5, 5.41) is 3.49. The number of hydrogen-bond donors (Lipinski definition) is 2. The Morgan fingerprint density at radius 2 is 2.50 bits per heavy atom. The monoisotopic (exact) mass is 141 g/mol. The fraction of sp³-hybridized carbons (Fsp3) is 0.333. The van der Waals surface area contributed by atoms with Gasteiger partial charge in [-0.3, -0.25) is 0 Å². The van der Waals surface area contributed by atoms with Gasteiger partial charge in [0.25, 0.3) is 0 Å². The number of hydrazone groups is 1. The van der Waals surface area contributed by atoms with Crippen molar-refractivity contribution in [3.63, 3.8) is 0 Å². The number of urea groups is 1. The Kier molecular flexibility index (Phi) is 3.95. The third-order valence-electron chi connectivity index (χ3n) is 0.876. The molecule has 4 nitrogen and oxygen atoms in total. The maximum absolute atomic E-state index is 10.0. The first-order chi connectivity index (χ1) is 4.66. The maximum Gasteiger partial charge on any atom is 0.332 e. The van der Waals surface area contributed by atoms with Crippen LogP contribution in [0.5, 0.6) is 0 Å². The summed E-state index contributed by atoms with van der Waals surface area (Å²) >= 11 is 0. The minimum atomic E-state index is -0.667. The molecule has 0 aliphatic heterocycles. The highest BCUT2D eigenvalue weighted by atomic mass is 16.2. The van der Waals surface area contributed by atoms with Crippen molar-refractivity contribution in [2.75, 3.05) is 0 Å². The minimum Gasteiger partial charge on any atom is -0.350 e. The van der Waals surface area contributed by atoms with Crippen LogP contribution in [0.15, 0.2) is 17.3 Å². The molecule has 10 heavy (non-hydrogen) atoms. The second-order valence-electron chi connectivity index (χ2n) is 1.75. The summed E-state index contributed by atoms with van der Waals surface area (Å²) in [6.45, 7) is 5.57. The first-order valence-corrected chi connectivity index (χ1v) is 2.93. The Labute approximate surface area is 59.8 Å². The topological polar surface area (TPSA) is 67.5 Å². The van der Waals surface area contributed by atoms with Crippen LogP contribution < -0.4 is 11.2 Å². The van der Waals surface area contributed by atoms with Gasteiger partial charge < -0.3 is 5.73 Å². The van der Waals surface area contributed by atoms with Crippen molar-refractivity contribution in [1.29, 1.82) is 0 Å². The van der Waals surface area contributed by atoms with Gasteiger partial charge in [0, 0.05) is 6.21 Å². The smallest absolute Gasteiger partial charge is 0.332 e. The van der Waals surface area contributed by atoms with E-state index in [9.17, 15) is 4.79 Å². The van der Waals surface area contributed by atoms with E-state index < -0.39 is 6.03 Å². The van der Waals surface area contributed by atoms with E-state index in [1.54, 1.807) is 0 Å². The lowest BCUT2D eigenvalue weighted by Crippen LogP contribution is -2.24. The van der Waals surface area contributed by atoms with E-state index in [0.29, 0.717) is 0 Å². The van der Waals surface area contributed by atoms with Crippen molar-refractivity contribution in [3.8, 4) is 0 Å². The Balaban J connectivity index is 3.56. The van der Waals surface area contributed by atoms with Crippen molar-refractivity contribution in [2.45, 2.75) is 13.3 Å². The number of primary amides is 1. The molecule has 3 N–H and O–H groups in total. The highest BCUT2D eigenvalue weighted by Gasteiger charge is 1.84. The highest BCUT2D eigenvalue weighted by Crippen LogP contribution is 1.89. The van der Waals surface area contributed by atoms with Crippen molar-refractivity contribution in [2.24, 2.45) is 10.8 Å². The summed E-state index contributed by atoms with van der Waals surface area (Å²) in [7, 11) is 0. The van der Waals surface area contributed by atoms with Crippen LogP contribution in [-0.2, 0) is 0 Å². The van der Waals surface area contributed by atoms with Crippen molar-refractivity contribution < 1.29 is 4.79 Å². The van der Waals surface area contributed by atoms with Gasteiger partial charge in [-0.15, -0.1) is 0 Å². The number of carbonyl (C=O) groups excluding carboxylic acids is 1. The average molecular weight is 141 g/mol. The third-order valence-corrected chi connectivity index (χ3v) is 0.876. The fourth-order valence-electron chi connectivity index (χ4n) is 0.278. The predicted octanol–water partition coefficient (Wildman–Crippen LogP) is 0.607. The Morgan fingerprint density at radius 3 is 2.90 bits per heavy atom. The fourth-order valence-corrected chi connectivity index (χ4v) is 0.278. The molecular formula is C6H11N3O. The lowest BCUT2D eigenvalue weighted by Gasteiger charge is -1.91. The van der Waals surface area contributed by atoms with Crippen LogP contribution in [0.25, 0.3) is 0 Å². The van der Waals surface area contributed by atoms with E-state index in [0.717, 1.165) is 12.0 Å². The van der Waals surface area contributed by atoms with Gasteiger partial charge in [-0.25, -0.2) is 10.2 Å². The van der Waals surface area contributed by atoms with Gasteiger partial charge in [-0.2, -0.15) is 5.10 Å². The van der Waals surface area contributed by atoms with Gasteiger partial charge in [-0.1, -0.05) is 13.5 Å². The lowest BCUT2D eigenvalue weighted by molar-refractivity contribution is 0.249. The van der Waals surface area contributed by atoms with Gasteiger partial charge in [0.05, 0.1) is 0 Å². The molecule has 0 heterocycles. The lowest BCUT2D eigenvalue weighted by atomic mass is 10.3. The summed E-state index contributed by atoms with van der Waals surface area (Å²) < 4.78 is 0. The molecule has 0 saturated carbocycles. The highest BCUT2D eigenvalue weighted by molar-refractivity contribution is 5.79. The molecule has 0 saturated heterocycles. The molecule has 0 unspecified atom stereocenters. The van der Waals surface area contributed by atoms with Crippen LogP contribution in [0.4, 0.5) is 4.79 Å². The summed E-state index contributed by atoms with van der Waals surface area (Å²) in [4.78, 5) is 10.0. The molecule has 0 radical (unpaired) electrons. The normalized spacial score (nSPS) is 9.70. The molecule has 0 aliphatic carbocycles. The summed E-state index contributed by atoms with van der Waals surface area (Å²) in [5.74, 6) is 0. The Bertz CT molecular complexity index is 162.